The Morgan fingerprint density at radius 3 is 2.31 bits per heavy atom. The molecule has 1 saturated heterocycles. The quantitative estimate of drug-likeness (QED) is 0.337. The van der Waals surface area contributed by atoms with Crippen LogP contribution in [0, 0.1) is 5.92 Å². The summed E-state index contributed by atoms with van der Waals surface area (Å²) in [6.45, 7) is 1.12. The van der Waals surface area contributed by atoms with Crippen LogP contribution in [-0.2, 0) is 16.4 Å². The van der Waals surface area contributed by atoms with Crippen LogP contribution in [0.25, 0.3) is 11.0 Å². The first-order valence-corrected chi connectivity index (χ1v) is 13.3. The van der Waals surface area contributed by atoms with Gasteiger partial charge in [0.05, 0.1) is 11.4 Å². The number of carbonyl (C=O) groups excluding carboxylic acids is 1. The molecule has 180 valence electrons. The number of benzene rings is 3. The maximum atomic E-state index is 13.1. The number of nitrogens with zero attached hydrogens (tertiary/aromatic N) is 1. The number of hydrogen-bond acceptors (Lipinski definition) is 5. The van der Waals surface area contributed by atoms with E-state index in [1.807, 2.05) is 42.5 Å². The summed E-state index contributed by atoms with van der Waals surface area (Å²) in [5.41, 5.74) is 2.65. The van der Waals surface area contributed by atoms with E-state index in [0.717, 1.165) is 24.6 Å². The fraction of sp³-hybridized carbons (Fsp3) is 0.250. The van der Waals surface area contributed by atoms with Crippen molar-refractivity contribution in [3.05, 3.63) is 96.3 Å². The second-order valence-electron chi connectivity index (χ2n) is 8.99. The summed E-state index contributed by atoms with van der Waals surface area (Å²) in [5.74, 6) is 0.629. The highest BCUT2D eigenvalue weighted by molar-refractivity contribution is 7.89. The second-order valence-corrected chi connectivity index (χ2v) is 10.9. The number of anilines is 1. The van der Waals surface area contributed by atoms with Crippen LogP contribution in [0.1, 0.15) is 29.0 Å². The van der Waals surface area contributed by atoms with Crippen LogP contribution in [-0.4, -0.2) is 38.1 Å². The molecule has 1 aliphatic rings. The largest absolute Gasteiger partial charge is 0.453 e. The third-order valence-corrected chi connectivity index (χ3v) is 8.50. The van der Waals surface area contributed by atoms with E-state index in [0.29, 0.717) is 36.0 Å². The van der Waals surface area contributed by atoms with Gasteiger partial charge in [-0.2, -0.15) is 4.31 Å². The van der Waals surface area contributed by atoms with Gasteiger partial charge < -0.3 is 9.73 Å². The summed E-state index contributed by atoms with van der Waals surface area (Å²) < 4.78 is 33.5. The van der Waals surface area contributed by atoms with Crippen LogP contribution < -0.4 is 5.32 Å². The molecule has 0 saturated carbocycles. The lowest BCUT2D eigenvalue weighted by Crippen LogP contribution is -2.38. The zero-order chi connectivity index (χ0) is 24.3. The van der Waals surface area contributed by atoms with Gasteiger partial charge in [-0.05, 0) is 67.1 Å². The first-order chi connectivity index (χ1) is 17.0. The SMILES string of the molecule is O=C(CNc1ccc(S(=O)(=O)N2CCC(Cc3ccccc3)CC2)cc1)c1cc2ccccc2o1. The van der Waals surface area contributed by atoms with E-state index in [1.165, 1.54) is 5.56 Å². The molecule has 5 rings (SSSR count). The molecule has 0 spiro atoms. The van der Waals surface area contributed by atoms with Gasteiger partial charge in [-0.15, -0.1) is 0 Å². The highest BCUT2D eigenvalue weighted by Gasteiger charge is 2.29. The van der Waals surface area contributed by atoms with Gasteiger partial charge in [-0.25, -0.2) is 8.42 Å². The lowest BCUT2D eigenvalue weighted by Gasteiger charge is -2.31. The Morgan fingerprint density at radius 1 is 0.914 bits per heavy atom. The zero-order valence-electron chi connectivity index (χ0n) is 19.4. The van der Waals surface area contributed by atoms with Crippen molar-refractivity contribution in [2.24, 2.45) is 5.92 Å². The molecule has 0 aliphatic carbocycles. The first kappa shape index (κ1) is 23.3. The second kappa shape index (κ2) is 10.1. The van der Waals surface area contributed by atoms with E-state index in [4.69, 9.17) is 4.42 Å². The Bertz CT molecular complexity index is 1370. The number of para-hydroxylation sites is 1. The molecule has 6 nitrogen and oxygen atoms in total. The third kappa shape index (κ3) is 5.31. The number of Topliss-reactive ketones (excluding diaryl/α,β-unsaturated/α-hetero) is 1. The molecule has 0 unspecified atom stereocenters. The van der Waals surface area contributed by atoms with Gasteiger partial charge in [0.2, 0.25) is 15.8 Å². The minimum absolute atomic E-state index is 0.0564. The van der Waals surface area contributed by atoms with Crippen LogP contribution in [0.4, 0.5) is 5.69 Å². The summed E-state index contributed by atoms with van der Waals surface area (Å²) in [5, 5.41) is 3.94. The normalized spacial score (nSPS) is 15.3. The average molecular weight is 489 g/mol. The lowest BCUT2D eigenvalue weighted by molar-refractivity contribution is 0.0982. The van der Waals surface area contributed by atoms with Gasteiger partial charge in [0.25, 0.3) is 0 Å². The Hall–Kier alpha value is -3.42. The smallest absolute Gasteiger partial charge is 0.243 e. The molecule has 2 heterocycles. The van der Waals surface area contributed by atoms with E-state index < -0.39 is 10.0 Å². The van der Waals surface area contributed by atoms with Crippen molar-refractivity contribution < 1.29 is 17.6 Å². The molecule has 7 heteroatoms. The molecule has 1 aromatic heterocycles. The van der Waals surface area contributed by atoms with E-state index in [1.54, 1.807) is 34.6 Å². The van der Waals surface area contributed by atoms with E-state index in [2.05, 4.69) is 17.4 Å². The number of furan rings is 1. The van der Waals surface area contributed by atoms with E-state index in [9.17, 15) is 13.2 Å². The molecular formula is C28H28N2O4S. The van der Waals surface area contributed by atoms with Gasteiger partial charge in [0.1, 0.15) is 5.58 Å². The van der Waals surface area contributed by atoms with Crippen molar-refractivity contribution in [3.63, 3.8) is 0 Å². The standard InChI is InChI=1S/C28H28N2O4S/c31-26(28-19-23-8-4-5-9-27(23)34-28)20-29-24-10-12-25(13-11-24)35(32,33)30-16-14-22(15-17-30)18-21-6-2-1-3-7-21/h1-13,19,22,29H,14-18,20H2. The van der Waals surface area contributed by atoms with Crippen LogP contribution in [0.5, 0.6) is 0 Å². The number of sulfonamides is 1. The molecule has 1 fully saturated rings. The summed E-state index contributed by atoms with van der Waals surface area (Å²) in [6.07, 6.45) is 2.71. The molecule has 0 amide bonds. The minimum atomic E-state index is -3.54. The van der Waals surface area contributed by atoms with Gasteiger partial charge in [0.15, 0.2) is 5.76 Å². The maximum absolute atomic E-state index is 13.1. The summed E-state index contributed by atoms with van der Waals surface area (Å²) in [4.78, 5) is 12.8. The summed E-state index contributed by atoms with van der Waals surface area (Å²) in [6, 6.07) is 26.2. The highest BCUT2D eigenvalue weighted by atomic mass is 32.2. The Kier molecular flexibility index (Phi) is 6.70. The van der Waals surface area contributed by atoms with Gasteiger partial charge in [-0.1, -0.05) is 48.5 Å². The van der Waals surface area contributed by atoms with E-state index >= 15 is 0 Å². The number of rotatable bonds is 8. The van der Waals surface area contributed by atoms with Crippen molar-refractivity contribution in [3.8, 4) is 0 Å². The van der Waals surface area contributed by atoms with Crippen molar-refractivity contribution in [1.29, 1.82) is 0 Å². The molecule has 0 radical (unpaired) electrons. The molecule has 0 bridgehead atoms. The number of ketones is 1. The molecule has 1 N–H and O–H groups in total. The Labute approximate surface area is 205 Å². The molecule has 35 heavy (non-hydrogen) atoms. The number of piperidine rings is 1. The fourth-order valence-electron chi connectivity index (χ4n) is 4.58. The number of carbonyl (C=O) groups is 1. The molecule has 3 aromatic carbocycles. The van der Waals surface area contributed by atoms with E-state index in [-0.39, 0.29) is 17.2 Å². The summed E-state index contributed by atoms with van der Waals surface area (Å²) in [7, 11) is -3.54. The van der Waals surface area contributed by atoms with Crippen molar-refractivity contribution in [2.75, 3.05) is 25.0 Å². The third-order valence-electron chi connectivity index (χ3n) is 6.59. The number of fused-ring (bicyclic) bond motifs is 1. The van der Waals surface area contributed by atoms with Crippen LogP contribution in [0.2, 0.25) is 0 Å². The van der Waals surface area contributed by atoms with Crippen LogP contribution in [0.3, 0.4) is 0 Å². The number of nitrogens with one attached hydrogen (secondary N) is 1. The molecule has 1 aliphatic heterocycles. The van der Waals surface area contributed by atoms with Crippen molar-refractivity contribution in [1.82, 2.24) is 4.31 Å². The monoisotopic (exact) mass is 488 g/mol. The zero-order valence-corrected chi connectivity index (χ0v) is 20.2. The molecule has 4 aromatic rings. The number of hydrogen-bond donors (Lipinski definition) is 1. The Balaban J connectivity index is 1.16. The lowest BCUT2D eigenvalue weighted by atomic mass is 9.91. The van der Waals surface area contributed by atoms with Crippen LogP contribution >= 0.6 is 0 Å². The summed E-state index contributed by atoms with van der Waals surface area (Å²) >= 11 is 0. The van der Waals surface area contributed by atoms with Gasteiger partial charge >= 0.3 is 0 Å². The van der Waals surface area contributed by atoms with Crippen LogP contribution in [0.15, 0.2) is 94.2 Å². The highest BCUT2D eigenvalue weighted by Crippen LogP contribution is 2.27. The average Bonchev–Trinajstić information content (AvgIpc) is 3.33. The predicted octanol–water partition coefficient (Wildman–Crippen LogP) is 5.37. The molecular weight excluding hydrogens is 460 g/mol. The molecule has 0 atom stereocenters. The van der Waals surface area contributed by atoms with Gasteiger partial charge in [0, 0.05) is 24.2 Å². The Morgan fingerprint density at radius 2 is 1.60 bits per heavy atom. The van der Waals surface area contributed by atoms with Gasteiger partial charge in [-0.3, -0.25) is 4.79 Å². The van der Waals surface area contributed by atoms with Crippen molar-refractivity contribution >= 4 is 32.5 Å². The predicted molar refractivity (Wildman–Crippen MR) is 137 cm³/mol. The first-order valence-electron chi connectivity index (χ1n) is 11.9. The minimum Gasteiger partial charge on any atom is -0.453 e. The fourth-order valence-corrected chi connectivity index (χ4v) is 6.05. The topological polar surface area (TPSA) is 79.6 Å². The van der Waals surface area contributed by atoms with Crippen molar-refractivity contribution in [2.45, 2.75) is 24.2 Å². The maximum Gasteiger partial charge on any atom is 0.243 e.